The lowest BCUT2D eigenvalue weighted by atomic mass is 10.2. The van der Waals surface area contributed by atoms with E-state index in [1.54, 1.807) is 13.0 Å². The van der Waals surface area contributed by atoms with Gasteiger partial charge in [0.25, 0.3) is 0 Å². The van der Waals surface area contributed by atoms with Crippen molar-refractivity contribution >= 4 is 5.97 Å². The SMILES string of the molecule is C/C=C/COC(=O)C(C)=C(C)C. The van der Waals surface area contributed by atoms with Crippen LogP contribution in [0.1, 0.15) is 27.7 Å². The largest absolute Gasteiger partial charge is 0.458 e. The number of carbonyl (C=O) groups excluding carboxylic acids is 1. The number of carbonyl (C=O) groups is 1. The first-order chi connectivity index (χ1) is 5.59. The van der Waals surface area contributed by atoms with Crippen molar-refractivity contribution in [2.75, 3.05) is 6.61 Å². The van der Waals surface area contributed by atoms with E-state index in [1.165, 1.54) is 0 Å². The zero-order chi connectivity index (χ0) is 9.56. The van der Waals surface area contributed by atoms with Crippen molar-refractivity contribution in [2.45, 2.75) is 27.7 Å². The standard InChI is InChI=1S/C10H16O2/c1-5-6-7-12-10(11)9(4)8(2)3/h5-6H,7H2,1-4H3/b6-5+. The summed E-state index contributed by atoms with van der Waals surface area (Å²) in [7, 11) is 0. The highest BCUT2D eigenvalue weighted by molar-refractivity contribution is 5.88. The summed E-state index contributed by atoms with van der Waals surface area (Å²) in [6, 6.07) is 0. The number of esters is 1. The normalized spacial score (nSPS) is 10.0. The third-order valence-electron chi connectivity index (χ3n) is 1.60. The van der Waals surface area contributed by atoms with Gasteiger partial charge in [0.05, 0.1) is 0 Å². The molecule has 68 valence electrons. The summed E-state index contributed by atoms with van der Waals surface area (Å²) < 4.78 is 4.92. The van der Waals surface area contributed by atoms with Crippen LogP contribution in [0.3, 0.4) is 0 Å². The van der Waals surface area contributed by atoms with Crippen molar-refractivity contribution in [1.29, 1.82) is 0 Å². The summed E-state index contributed by atoms with van der Waals surface area (Å²) in [5, 5.41) is 0. The molecule has 12 heavy (non-hydrogen) atoms. The molecule has 0 aromatic heterocycles. The predicted octanol–water partition coefficient (Wildman–Crippen LogP) is 2.46. The highest BCUT2D eigenvalue weighted by Gasteiger charge is 2.04. The van der Waals surface area contributed by atoms with Gasteiger partial charge in [0.15, 0.2) is 0 Å². The Morgan fingerprint density at radius 1 is 1.33 bits per heavy atom. The fourth-order valence-corrected chi connectivity index (χ4v) is 0.532. The van der Waals surface area contributed by atoms with Gasteiger partial charge in [0.1, 0.15) is 6.61 Å². The third-order valence-corrected chi connectivity index (χ3v) is 1.60. The molecule has 2 heteroatoms. The van der Waals surface area contributed by atoms with Crippen LogP contribution in [0.25, 0.3) is 0 Å². The fourth-order valence-electron chi connectivity index (χ4n) is 0.532. The van der Waals surface area contributed by atoms with E-state index in [-0.39, 0.29) is 5.97 Å². The average molecular weight is 168 g/mol. The van der Waals surface area contributed by atoms with E-state index in [0.29, 0.717) is 12.2 Å². The van der Waals surface area contributed by atoms with Gasteiger partial charge in [-0.15, -0.1) is 0 Å². The summed E-state index contributed by atoms with van der Waals surface area (Å²) in [6.07, 6.45) is 3.65. The maximum atomic E-state index is 11.1. The molecule has 0 amide bonds. The topological polar surface area (TPSA) is 26.3 Å². The van der Waals surface area contributed by atoms with Crippen molar-refractivity contribution in [3.8, 4) is 0 Å². The summed E-state index contributed by atoms with van der Waals surface area (Å²) >= 11 is 0. The second-order valence-electron chi connectivity index (χ2n) is 2.79. The van der Waals surface area contributed by atoms with Crippen LogP contribution in [0.4, 0.5) is 0 Å². The molecule has 0 fully saturated rings. The molecular formula is C10H16O2. The molecule has 0 rings (SSSR count). The van der Waals surface area contributed by atoms with Crippen LogP contribution in [0.5, 0.6) is 0 Å². The second-order valence-corrected chi connectivity index (χ2v) is 2.79. The first kappa shape index (κ1) is 11.0. The van der Waals surface area contributed by atoms with Crippen LogP contribution >= 0.6 is 0 Å². The molecule has 2 nitrogen and oxygen atoms in total. The average Bonchev–Trinajstić information content (AvgIpc) is 2.03. The molecule has 0 aromatic carbocycles. The van der Waals surface area contributed by atoms with Crippen molar-refractivity contribution in [2.24, 2.45) is 0 Å². The van der Waals surface area contributed by atoms with Gasteiger partial charge in [-0.3, -0.25) is 0 Å². The molecule has 0 aliphatic carbocycles. The molecule has 0 aromatic rings. The van der Waals surface area contributed by atoms with Crippen LogP contribution in [0, 0.1) is 0 Å². The van der Waals surface area contributed by atoms with Gasteiger partial charge in [-0.25, -0.2) is 4.79 Å². The van der Waals surface area contributed by atoms with E-state index in [2.05, 4.69) is 0 Å². The Kier molecular flexibility index (Phi) is 5.09. The first-order valence-electron chi connectivity index (χ1n) is 4.02. The van der Waals surface area contributed by atoms with E-state index in [4.69, 9.17) is 4.74 Å². The molecule has 0 heterocycles. The summed E-state index contributed by atoms with van der Waals surface area (Å²) in [5.41, 5.74) is 1.69. The minimum Gasteiger partial charge on any atom is -0.458 e. The molecular weight excluding hydrogens is 152 g/mol. The molecule has 0 spiro atoms. The molecule has 0 saturated carbocycles. The summed E-state index contributed by atoms with van der Waals surface area (Å²) in [6.45, 7) is 7.81. The Bertz CT molecular complexity index is 208. The van der Waals surface area contributed by atoms with Crippen LogP contribution in [-0.2, 0) is 9.53 Å². The minimum atomic E-state index is -0.229. The molecule has 0 aliphatic heterocycles. The quantitative estimate of drug-likeness (QED) is 0.367. The highest BCUT2D eigenvalue weighted by Crippen LogP contribution is 2.03. The molecule has 0 saturated heterocycles. The lowest BCUT2D eigenvalue weighted by molar-refractivity contribution is -0.137. The zero-order valence-electron chi connectivity index (χ0n) is 8.18. The monoisotopic (exact) mass is 168 g/mol. The van der Waals surface area contributed by atoms with Gasteiger partial charge in [-0.2, -0.15) is 0 Å². The molecule has 0 unspecified atom stereocenters. The zero-order valence-corrected chi connectivity index (χ0v) is 8.18. The lowest BCUT2D eigenvalue weighted by Gasteiger charge is -2.02. The third kappa shape index (κ3) is 3.96. The number of hydrogen-bond donors (Lipinski definition) is 0. The minimum absolute atomic E-state index is 0.229. The summed E-state index contributed by atoms with van der Waals surface area (Å²) in [4.78, 5) is 11.1. The van der Waals surface area contributed by atoms with Gasteiger partial charge in [-0.05, 0) is 27.7 Å². The first-order valence-corrected chi connectivity index (χ1v) is 4.02. The maximum Gasteiger partial charge on any atom is 0.333 e. The van der Waals surface area contributed by atoms with E-state index in [1.807, 2.05) is 26.8 Å². The van der Waals surface area contributed by atoms with Gasteiger partial charge in [0, 0.05) is 5.57 Å². The van der Waals surface area contributed by atoms with Crippen molar-refractivity contribution in [1.82, 2.24) is 0 Å². The molecule has 0 bridgehead atoms. The van der Waals surface area contributed by atoms with Crippen LogP contribution in [0.2, 0.25) is 0 Å². The Labute approximate surface area is 73.9 Å². The predicted molar refractivity (Wildman–Crippen MR) is 49.8 cm³/mol. The van der Waals surface area contributed by atoms with Gasteiger partial charge in [0.2, 0.25) is 0 Å². The van der Waals surface area contributed by atoms with E-state index >= 15 is 0 Å². The number of ether oxygens (including phenoxy) is 1. The molecule has 0 radical (unpaired) electrons. The fraction of sp³-hybridized carbons (Fsp3) is 0.500. The van der Waals surface area contributed by atoms with Gasteiger partial charge in [-0.1, -0.05) is 17.7 Å². The Morgan fingerprint density at radius 2 is 1.92 bits per heavy atom. The van der Waals surface area contributed by atoms with Gasteiger partial charge >= 0.3 is 5.97 Å². The Morgan fingerprint density at radius 3 is 2.33 bits per heavy atom. The smallest absolute Gasteiger partial charge is 0.333 e. The molecule has 0 aliphatic rings. The van der Waals surface area contributed by atoms with Crippen molar-refractivity contribution < 1.29 is 9.53 Å². The molecule has 0 atom stereocenters. The van der Waals surface area contributed by atoms with Crippen LogP contribution in [0.15, 0.2) is 23.3 Å². The number of rotatable bonds is 3. The van der Waals surface area contributed by atoms with Crippen molar-refractivity contribution in [3.63, 3.8) is 0 Å². The van der Waals surface area contributed by atoms with E-state index in [9.17, 15) is 4.79 Å². The van der Waals surface area contributed by atoms with Crippen molar-refractivity contribution in [3.05, 3.63) is 23.3 Å². The lowest BCUT2D eigenvalue weighted by Crippen LogP contribution is -2.06. The molecule has 0 N–H and O–H groups in total. The number of allylic oxidation sites excluding steroid dienone is 2. The van der Waals surface area contributed by atoms with E-state index < -0.39 is 0 Å². The van der Waals surface area contributed by atoms with Crippen LogP contribution < -0.4 is 0 Å². The Balaban J connectivity index is 3.98. The van der Waals surface area contributed by atoms with Gasteiger partial charge < -0.3 is 4.74 Å². The maximum absolute atomic E-state index is 11.1. The Hall–Kier alpha value is -1.05. The van der Waals surface area contributed by atoms with E-state index in [0.717, 1.165) is 5.57 Å². The summed E-state index contributed by atoms with van der Waals surface area (Å²) in [5.74, 6) is -0.229. The second kappa shape index (κ2) is 5.58. The highest BCUT2D eigenvalue weighted by atomic mass is 16.5. The number of hydrogen-bond acceptors (Lipinski definition) is 2. The van der Waals surface area contributed by atoms with Crippen LogP contribution in [-0.4, -0.2) is 12.6 Å².